The van der Waals surface area contributed by atoms with Crippen molar-refractivity contribution in [3.05, 3.63) is 47.3 Å². The summed E-state index contributed by atoms with van der Waals surface area (Å²) in [6, 6.07) is 4.80. The molecule has 0 saturated heterocycles. The first-order chi connectivity index (χ1) is 9.91. The van der Waals surface area contributed by atoms with E-state index in [-0.39, 0.29) is 28.3 Å². The molecule has 0 saturated carbocycles. The summed E-state index contributed by atoms with van der Waals surface area (Å²) in [4.78, 5) is 22.8. The summed E-state index contributed by atoms with van der Waals surface area (Å²) in [6.07, 6.45) is 1.26. The van der Waals surface area contributed by atoms with Crippen LogP contribution in [-0.2, 0) is 16.6 Å². The lowest BCUT2D eigenvalue weighted by atomic mass is 10.1. The second kappa shape index (κ2) is 4.42. The minimum atomic E-state index is -4.09. The maximum absolute atomic E-state index is 12.3. The van der Waals surface area contributed by atoms with Gasteiger partial charge in [0.05, 0.1) is 17.7 Å². The van der Waals surface area contributed by atoms with Crippen molar-refractivity contribution in [2.75, 3.05) is 0 Å². The highest BCUT2D eigenvalue weighted by atomic mass is 32.2. The Morgan fingerprint density at radius 3 is 2.71 bits per heavy atom. The van der Waals surface area contributed by atoms with Crippen LogP contribution in [0.4, 0.5) is 0 Å². The number of benzene rings is 1. The van der Waals surface area contributed by atoms with E-state index < -0.39 is 21.9 Å². The van der Waals surface area contributed by atoms with Gasteiger partial charge in [-0.2, -0.15) is 0 Å². The zero-order valence-electron chi connectivity index (χ0n) is 10.4. The van der Waals surface area contributed by atoms with Gasteiger partial charge >= 0.3 is 5.97 Å². The molecule has 21 heavy (non-hydrogen) atoms. The average molecular weight is 308 g/mol. The standard InChI is InChI=1S/C12H8N2O6S/c15-11-9-2-1-7(12(16)17)5-10(9)21(18,19)14(11)6-8-3-4-20-13-8/h1-5H,6H2,(H,16,17). The number of carboxylic acids is 1. The van der Waals surface area contributed by atoms with Crippen molar-refractivity contribution < 1.29 is 27.6 Å². The summed E-state index contributed by atoms with van der Waals surface area (Å²) in [5.41, 5.74) is 0.0232. The van der Waals surface area contributed by atoms with E-state index in [9.17, 15) is 18.0 Å². The predicted molar refractivity (Wildman–Crippen MR) is 67.0 cm³/mol. The zero-order valence-corrected chi connectivity index (χ0v) is 11.2. The third-order valence-corrected chi connectivity index (χ3v) is 4.82. The van der Waals surface area contributed by atoms with E-state index in [1.807, 2.05) is 0 Å². The van der Waals surface area contributed by atoms with Gasteiger partial charge in [0.25, 0.3) is 15.9 Å². The number of carbonyl (C=O) groups excluding carboxylic acids is 1. The molecule has 0 atom stereocenters. The Kier molecular flexibility index (Phi) is 2.80. The van der Waals surface area contributed by atoms with Gasteiger partial charge in [-0.15, -0.1) is 0 Å². The third-order valence-electron chi connectivity index (χ3n) is 3.05. The second-order valence-electron chi connectivity index (χ2n) is 4.32. The van der Waals surface area contributed by atoms with Crippen LogP contribution in [0, 0.1) is 0 Å². The first kappa shape index (κ1) is 13.3. The van der Waals surface area contributed by atoms with Crippen LogP contribution in [0.1, 0.15) is 26.4 Å². The number of nitrogens with zero attached hydrogens (tertiary/aromatic N) is 2. The number of hydrogen-bond acceptors (Lipinski definition) is 6. The largest absolute Gasteiger partial charge is 0.478 e. The van der Waals surface area contributed by atoms with Gasteiger partial charge in [-0.1, -0.05) is 5.16 Å². The lowest BCUT2D eigenvalue weighted by Crippen LogP contribution is -2.29. The van der Waals surface area contributed by atoms with E-state index in [0.717, 1.165) is 6.07 Å². The SMILES string of the molecule is O=C(O)c1ccc2c(c1)S(=O)(=O)N(Cc1ccon1)C2=O. The number of aromatic nitrogens is 1. The van der Waals surface area contributed by atoms with Gasteiger partial charge in [0.2, 0.25) is 0 Å². The lowest BCUT2D eigenvalue weighted by Gasteiger charge is -2.12. The maximum atomic E-state index is 12.3. The molecule has 0 aliphatic carbocycles. The number of amides is 1. The van der Waals surface area contributed by atoms with Gasteiger partial charge < -0.3 is 9.63 Å². The number of rotatable bonds is 3. The number of carbonyl (C=O) groups is 2. The van der Waals surface area contributed by atoms with Gasteiger partial charge in [0.1, 0.15) is 16.9 Å². The Bertz CT molecular complexity index is 841. The van der Waals surface area contributed by atoms with Crippen molar-refractivity contribution in [2.24, 2.45) is 0 Å². The summed E-state index contributed by atoms with van der Waals surface area (Å²) in [7, 11) is -4.09. The smallest absolute Gasteiger partial charge is 0.335 e. The fraction of sp³-hybridized carbons (Fsp3) is 0.0833. The maximum Gasteiger partial charge on any atom is 0.335 e. The first-order valence-electron chi connectivity index (χ1n) is 5.75. The molecule has 8 nitrogen and oxygen atoms in total. The van der Waals surface area contributed by atoms with Gasteiger partial charge in [0, 0.05) is 6.07 Å². The highest BCUT2D eigenvalue weighted by Gasteiger charge is 2.41. The zero-order chi connectivity index (χ0) is 15.2. The molecule has 1 N–H and O–H groups in total. The summed E-state index contributed by atoms with van der Waals surface area (Å²) in [5, 5.41) is 12.5. The molecule has 3 rings (SSSR count). The minimum Gasteiger partial charge on any atom is -0.478 e. The van der Waals surface area contributed by atoms with Crippen LogP contribution in [0.15, 0.2) is 39.9 Å². The predicted octanol–water partition coefficient (Wildman–Crippen LogP) is 0.718. The van der Waals surface area contributed by atoms with E-state index in [0.29, 0.717) is 4.31 Å². The Balaban J connectivity index is 2.08. The van der Waals surface area contributed by atoms with Crippen LogP contribution in [0.5, 0.6) is 0 Å². The van der Waals surface area contributed by atoms with Crippen molar-refractivity contribution in [2.45, 2.75) is 11.4 Å². The van der Waals surface area contributed by atoms with E-state index >= 15 is 0 Å². The normalized spacial score (nSPS) is 16.0. The van der Waals surface area contributed by atoms with Crippen LogP contribution in [0.3, 0.4) is 0 Å². The van der Waals surface area contributed by atoms with Crippen LogP contribution < -0.4 is 0 Å². The quantitative estimate of drug-likeness (QED) is 0.887. The molecule has 0 unspecified atom stereocenters. The molecule has 0 bridgehead atoms. The first-order valence-corrected chi connectivity index (χ1v) is 7.19. The summed E-state index contributed by atoms with van der Waals surface area (Å²) >= 11 is 0. The molecule has 1 aliphatic rings. The molecular formula is C12H8N2O6S. The van der Waals surface area contributed by atoms with E-state index in [2.05, 4.69) is 9.68 Å². The fourth-order valence-electron chi connectivity index (χ4n) is 2.03. The molecule has 0 spiro atoms. The highest BCUT2D eigenvalue weighted by Crippen LogP contribution is 2.32. The van der Waals surface area contributed by atoms with Crippen LogP contribution in [0.25, 0.3) is 0 Å². The van der Waals surface area contributed by atoms with Crippen LogP contribution in [-0.4, -0.2) is 34.9 Å². The average Bonchev–Trinajstić information content (AvgIpc) is 3.01. The van der Waals surface area contributed by atoms with Crippen molar-refractivity contribution in [3.63, 3.8) is 0 Å². The molecule has 1 aliphatic heterocycles. The van der Waals surface area contributed by atoms with Gasteiger partial charge in [-0.3, -0.25) is 4.79 Å². The lowest BCUT2D eigenvalue weighted by molar-refractivity contribution is 0.0695. The minimum absolute atomic E-state index is 0.0523. The monoisotopic (exact) mass is 308 g/mol. The summed E-state index contributed by atoms with van der Waals surface area (Å²) < 4.78 is 29.9. The van der Waals surface area contributed by atoms with Crippen molar-refractivity contribution in [3.8, 4) is 0 Å². The van der Waals surface area contributed by atoms with Gasteiger partial charge in [0.15, 0.2) is 0 Å². The Hall–Kier alpha value is -2.68. The van der Waals surface area contributed by atoms with Crippen molar-refractivity contribution >= 4 is 21.9 Å². The highest BCUT2D eigenvalue weighted by molar-refractivity contribution is 7.90. The number of hydrogen-bond donors (Lipinski definition) is 1. The van der Waals surface area contributed by atoms with Crippen molar-refractivity contribution in [1.29, 1.82) is 0 Å². The Morgan fingerprint density at radius 1 is 1.33 bits per heavy atom. The molecular weight excluding hydrogens is 300 g/mol. The van der Waals surface area contributed by atoms with Gasteiger partial charge in [-0.05, 0) is 18.2 Å². The van der Waals surface area contributed by atoms with Crippen molar-refractivity contribution in [1.82, 2.24) is 9.46 Å². The van der Waals surface area contributed by atoms with E-state index in [1.165, 1.54) is 24.5 Å². The molecule has 1 aromatic carbocycles. The summed E-state index contributed by atoms with van der Waals surface area (Å²) in [5.74, 6) is -1.99. The second-order valence-corrected chi connectivity index (χ2v) is 6.15. The fourth-order valence-corrected chi connectivity index (χ4v) is 3.60. The third kappa shape index (κ3) is 1.98. The molecule has 1 aromatic heterocycles. The number of sulfonamides is 1. The molecule has 9 heteroatoms. The summed E-state index contributed by atoms with van der Waals surface area (Å²) in [6.45, 7) is -0.269. The van der Waals surface area contributed by atoms with E-state index in [4.69, 9.17) is 5.11 Å². The Labute approximate surface area is 118 Å². The molecule has 0 fully saturated rings. The molecule has 108 valence electrons. The Morgan fingerprint density at radius 2 is 2.10 bits per heavy atom. The number of fused-ring (bicyclic) bond motifs is 1. The number of aromatic carboxylic acids is 1. The van der Waals surface area contributed by atoms with E-state index in [1.54, 1.807) is 0 Å². The van der Waals surface area contributed by atoms with Crippen LogP contribution >= 0.6 is 0 Å². The number of carboxylic acid groups (broad SMARTS) is 1. The molecule has 2 heterocycles. The molecule has 2 aromatic rings. The van der Waals surface area contributed by atoms with Gasteiger partial charge in [-0.25, -0.2) is 17.5 Å². The topological polar surface area (TPSA) is 118 Å². The molecule has 1 amide bonds. The van der Waals surface area contributed by atoms with Crippen LogP contribution in [0.2, 0.25) is 0 Å². The molecule has 0 radical (unpaired) electrons.